The molecule has 4 nitrogen and oxygen atoms in total. The van der Waals surface area contributed by atoms with Crippen molar-refractivity contribution in [2.45, 2.75) is 37.8 Å². The molecule has 0 spiro atoms. The van der Waals surface area contributed by atoms with Crippen LogP contribution in [0.2, 0.25) is 0 Å². The van der Waals surface area contributed by atoms with Crippen molar-refractivity contribution in [1.29, 1.82) is 0 Å². The van der Waals surface area contributed by atoms with Gasteiger partial charge in [-0.3, -0.25) is 4.79 Å². The van der Waals surface area contributed by atoms with Gasteiger partial charge >= 0.3 is 5.97 Å². The predicted molar refractivity (Wildman–Crippen MR) is 74.7 cm³/mol. The number of benzene rings is 1. The van der Waals surface area contributed by atoms with Crippen LogP contribution in [0.5, 0.6) is 0 Å². The van der Waals surface area contributed by atoms with Crippen molar-refractivity contribution in [3.8, 4) is 0 Å². The maximum absolute atomic E-state index is 11.9. The second-order valence-corrected chi connectivity index (χ2v) is 5.69. The van der Waals surface area contributed by atoms with E-state index in [4.69, 9.17) is 0 Å². The Hall–Kier alpha value is -1.36. The fourth-order valence-electron chi connectivity index (χ4n) is 2.49. The topological polar surface area (TPSA) is 57.6 Å². The van der Waals surface area contributed by atoms with Crippen LogP contribution in [-0.2, 0) is 15.1 Å². The predicted octanol–water partition coefficient (Wildman–Crippen LogP) is 2.76. The SMILES string of the molecule is CCC(C(=O)O)(c1ccc(Br)cc1)N(C=O)C1CC1. The summed E-state index contributed by atoms with van der Waals surface area (Å²) in [7, 11) is 0. The zero-order chi connectivity index (χ0) is 14.0. The van der Waals surface area contributed by atoms with Crippen molar-refractivity contribution in [2.24, 2.45) is 0 Å². The summed E-state index contributed by atoms with van der Waals surface area (Å²) in [5, 5.41) is 9.71. The number of carbonyl (C=O) groups excluding carboxylic acids is 1. The molecule has 2 rings (SSSR count). The third-order valence-electron chi connectivity index (χ3n) is 3.68. The molecule has 1 fully saturated rings. The Kier molecular flexibility index (Phi) is 3.94. The number of carboxylic acids is 1. The van der Waals surface area contributed by atoms with E-state index in [1.165, 1.54) is 4.90 Å². The number of carboxylic acid groups (broad SMARTS) is 1. The first kappa shape index (κ1) is 14.1. The molecule has 5 heteroatoms. The van der Waals surface area contributed by atoms with Gasteiger partial charge in [-0.25, -0.2) is 4.79 Å². The number of carbonyl (C=O) groups is 2. The average Bonchev–Trinajstić information content (AvgIpc) is 3.21. The van der Waals surface area contributed by atoms with Crippen LogP contribution in [0.3, 0.4) is 0 Å². The lowest BCUT2D eigenvalue weighted by Crippen LogP contribution is -2.52. The molecule has 1 aliphatic carbocycles. The van der Waals surface area contributed by atoms with Crippen LogP contribution < -0.4 is 0 Å². The Morgan fingerprint density at radius 3 is 2.42 bits per heavy atom. The highest BCUT2D eigenvalue weighted by Crippen LogP contribution is 2.40. The standard InChI is InChI=1S/C14H16BrNO3/c1-2-14(13(18)19,16(9-17)12-7-8-12)10-3-5-11(15)6-4-10/h3-6,9,12H,2,7-8H2,1H3,(H,18,19). The van der Waals surface area contributed by atoms with E-state index in [1.807, 2.05) is 0 Å². The molecule has 1 aliphatic rings. The zero-order valence-corrected chi connectivity index (χ0v) is 12.3. The molecule has 1 aromatic rings. The number of halogens is 1. The molecule has 1 atom stereocenters. The van der Waals surface area contributed by atoms with E-state index in [-0.39, 0.29) is 6.04 Å². The Morgan fingerprint density at radius 2 is 2.05 bits per heavy atom. The fraction of sp³-hybridized carbons (Fsp3) is 0.429. The summed E-state index contributed by atoms with van der Waals surface area (Å²) in [5.74, 6) is -0.976. The van der Waals surface area contributed by atoms with Gasteiger partial charge in [-0.15, -0.1) is 0 Å². The van der Waals surface area contributed by atoms with Gasteiger partial charge in [0.1, 0.15) is 0 Å². The highest BCUT2D eigenvalue weighted by Gasteiger charge is 2.49. The van der Waals surface area contributed by atoms with Crippen LogP contribution >= 0.6 is 15.9 Å². The van der Waals surface area contributed by atoms with E-state index in [0.29, 0.717) is 18.4 Å². The summed E-state index contributed by atoms with van der Waals surface area (Å²) >= 11 is 3.34. The number of hydrogen-bond acceptors (Lipinski definition) is 2. The van der Waals surface area contributed by atoms with Gasteiger partial charge in [0.25, 0.3) is 0 Å². The number of nitrogens with zero attached hydrogens (tertiary/aromatic N) is 1. The molecule has 1 amide bonds. The molecule has 0 heterocycles. The van der Waals surface area contributed by atoms with Crippen LogP contribution in [0.15, 0.2) is 28.7 Å². The molecule has 1 saturated carbocycles. The van der Waals surface area contributed by atoms with Crippen LogP contribution in [0.25, 0.3) is 0 Å². The molecule has 0 radical (unpaired) electrons. The molecule has 0 saturated heterocycles. The van der Waals surface area contributed by atoms with Gasteiger partial charge in [0, 0.05) is 10.5 Å². The van der Waals surface area contributed by atoms with Crippen LogP contribution in [-0.4, -0.2) is 28.4 Å². The lowest BCUT2D eigenvalue weighted by atomic mass is 9.85. The van der Waals surface area contributed by atoms with E-state index in [1.54, 1.807) is 31.2 Å². The van der Waals surface area contributed by atoms with Crippen molar-refractivity contribution in [1.82, 2.24) is 4.90 Å². The van der Waals surface area contributed by atoms with E-state index in [9.17, 15) is 14.7 Å². The van der Waals surface area contributed by atoms with Gasteiger partial charge in [-0.2, -0.15) is 0 Å². The second kappa shape index (κ2) is 5.33. The minimum Gasteiger partial charge on any atom is -0.479 e. The van der Waals surface area contributed by atoms with Gasteiger partial charge in [0.2, 0.25) is 6.41 Å². The lowest BCUT2D eigenvalue weighted by molar-refractivity contribution is -0.157. The summed E-state index contributed by atoms with van der Waals surface area (Å²) in [6.45, 7) is 1.80. The molecule has 19 heavy (non-hydrogen) atoms. The highest BCUT2D eigenvalue weighted by atomic mass is 79.9. The fourth-order valence-corrected chi connectivity index (χ4v) is 2.75. The molecule has 0 aromatic heterocycles. The molecule has 1 unspecified atom stereocenters. The lowest BCUT2D eigenvalue weighted by Gasteiger charge is -2.38. The monoisotopic (exact) mass is 325 g/mol. The quantitative estimate of drug-likeness (QED) is 0.818. The third-order valence-corrected chi connectivity index (χ3v) is 4.21. The largest absolute Gasteiger partial charge is 0.479 e. The Labute approximate surface area is 120 Å². The molecule has 1 N–H and O–H groups in total. The van der Waals surface area contributed by atoms with Crippen molar-refractivity contribution >= 4 is 28.3 Å². The van der Waals surface area contributed by atoms with E-state index in [0.717, 1.165) is 17.3 Å². The van der Waals surface area contributed by atoms with Crippen molar-refractivity contribution < 1.29 is 14.7 Å². The Balaban J connectivity index is 2.52. The summed E-state index contributed by atoms with van der Waals surface area (Å²) in [4.78, 5) is 24.7. The first-order chi connectivity index (χ1) is 9.06. The molecule has 0 bridgehead atoms. The van der Waals surface area contributed by atoms with Crippen LogP contribution in [0.4, 0.5) is 0 Å². The van der Waals surface area contributed by atoms with Crippen molar-refractivity contribution in [2.75, 3.05) is 0 Å². The minimum atomic E-state index is -1.26. The molecule has 1 aromatic carbocycles. The van der Waals surface area contributed by atoms with E-state index < -0.39 is 11.5 Å². The number of rotatable bonds is 6. The summed E-state index contributed by atoms with van der Waals surface area (Å²) in [5.41, 5.74) is -0.617. The van der Waals surface area contributed by atoms with E-state index >= 15 is 0 Å². The molecular weight excluding hydrogens is 310 g/mol. The third kappa shape index (κ3) is 2.39. The maximum atomic E-state index is 11.9. The normalized spacial score (nSPS) is 17.6. The summed E-state index contributed by atoms with van der Waals surface area (Å²) in [6, 6.07) is 7.19. The maximum Gasteiger partial charge on any atom is 0.334 e. The van der Waals surface area contributed by atoms with Crippen molar-refractivity contribution in [3.63, 3.8) is 0 Å². The van der Waals surface area contributed by atoms with Gasteiger partial charge in [-0.1, -0.05) is 35.0 Å². The highest BCUT2D eigenvalue weighted by molar-refractivity contribution is 9.10. The van der Waals surface area contributed by atoms with Gasteiger partial charge in [0.05, 0.1) is 0 Å². The number of aliphatic carboxylic acids is 1. The number of amides is 1. The Morgan fingerprint density at radius 1 is 1.47 bits per heavy atom. The Bertz CT molecular complexity index is 484. The van der Waals surface area contributed by atoms with E-state index in [2.05, 4.69) is 15.9 Å². The van der Waals surface area contributed by atoms with Gasteiger partial charge < -0.3 is 10.0 Å². The van der Waals surface area contributed by atoms with Crippen LogP contribution in [0, 0.1) is 0 Å². The molecular formula is C14H16BrNO3. The van der Waals surface area contributed by atoms with Crippen molar-refractivity contribution in [3.05, 3.63) is 34.3 Å². The average molecular weight is 326 g/mol. The zero-order valence-electron chi connectivity index (χ0n) is 10.7. The first-order valence-electron chi connectivity index (χ1n) is 6.29. The van der Waals surface area contributed by atoms with Gasteiger partial charge in [0.15, 0.2) is 5.54 Å². The first-order valence-corrected chi connectivity index (χ1v) is 7.08. The summed E-state index contributed by atoms with van der Waals surface area (Å²) in [6.07, 6.45) is 2.78. The number of hydrogen-bond donors (Lipinski definition) is 1. The smallest absolute Gasteiger partial charge is 0.334 e. The van der Waals surface area contributed by atoms with Crippen LogP contribution in [0.1, 0.15) is 31.7 Å². The molecule has 0 aliphatic heterocycles. The second-order valence-electron chi connectivity index (χ2n) is 4.77. The van der Waals surface area contributed by atoms with Gasteiger partial charge in [-0.05, 0) is 37.0 Å². The minimum absolute atomic E-state index is 0.0530. The summed E-state index contributed by atoms with van der Waals surface area (Å²) < 4.78 is 0.885. The molecule has 102 valence electrons.